The molecule has 128 valence electrons. The third kappa shape index (κ3) is 2.30. The van der Waals surface area contributed by atoms with Gasteiger partial charge in [-0.05, 0) is 38.1 Å². The number of thiazole rings is 1. The lowest BCUT2D eigenvalue weighted by atomic mass is 10.2. The number of anilines is 1. The Labute approximate surface area is 155 Å². The topological polar surface area (TPSA) is 29.9 Å². The molecule has 5 aromatic rings. The van der Waals surface area contributed by atoms with Crippen molar-refractivity contribution < 1.29 is 0 Å². The fourth-order valence-corrected chi connectivity index (χ4v) is 4.64. The molecule has 0 amide bonds. The van der Waals surface area contributed by atoms with Gasteiger partial charge in [0.05, 0.1) is 21.4 Å². The van der Waals surface area contributed by atoms with Crippen LogP contribution in [-0.2, 0) is 0 Å². The summed E-state index contributed by atoms with van der Waals surface area (Å²) in [7, 11) is 0. The monoisotopic (exact) mass is 357 g/mol. The van der Waals surface area contributed by atoms with Crippen molar-refractivity contribution >= 4 is 48.5 Å². The SMILES string of the molecule is CC(C)Nc1nc2c(-n3c4ccccc4c4ccccc43)cccc2s1. The van der Waals surface area contributed by atoms with Crippen LogP contribution >= 0.6 is 11.3 Å². The highest BCUT2D eigenvalue weighted by Crippen LogP contribution is 2.36. The minimum absolute atomic E-state index is 0.368. The molecule has 2 aromatic heterocycles. The highest BCUT2D eigenvalue weighted by molar-refractivity contribution is 7.22. The van der Waals surface area contributed by atoms with Crippen LogP contribution in [-0.4, -0.2) is 15.6 Å². The second kappa shape index (κ2) is 5.85. The second-order valence-electron chi connectivity index (χ2n) is 6.81. The number of nitrogens with one attached hydrogen (secondary N) is 1. The third-order valence-electron chi connectivity index (χ3n) is 4.63. The molecular weight excluding hydrogens is 338 g/mol. The fraction of sp³-hybridized carbons (Fsp3) is 0.136. The summed E-state index contributed by atoms with van der Waals surface area (Å²) in [4.78, 5) is 4.91. The maximum atomic E-state index is 4.91. The van der Waals surface area contributed by atoms with Gasteiger partial charge in [-0.1, -0.05) is 53.8 Å². The zero-order valence-corrected chi connectivity index (χ0v) is 15.5. The predicted octanol–water partition coefficient (Wildman–Crippen LogP) is 6.21. The molecule has 1 N–H and O–H groups in total. The second-order valence-corrected chi connectivity index (χ2v) is 7.84. The average molecular weight is 357 g/mol. The molecule has 0 radical (unpaired) electrons. The van der Waals surface area contributed by atoms with E-state index in [0.717, 1.165) is 16.3 Å². The average Bonchev–Trinajstić information content (AvgIpc) is 3.19. The molecule has 0 aliphatic carbocycles. The summed E-state index contributed by atoms with van der Waals surface area (Å²) in [5.41, 5.74) is 4.61. The van der Waals surface area contributed by atoms with Gasteiger partial charge in [0.2, 0.25) is 0 Å². The summed E-state index contributed by atoms with van der Waals surface area (Å²) in [6.45, 7) is 4.28. The Hall–Kier alpha value is -2.85. The lowest BCUT2D eigenvalue weighted by molar-refractivity contribution is 0.897. The summed E-state index contributed by atoms with van der Waals surface area (Å²) in [6.07, 6.45) is 0. The van der Waals surface area contributed by atoms with Gasteiger partial charge < -0.3 is 9.88 Å². The number of hydrogen-bond acceptors (Lipinski definition) is 3. The number of benzene rings is 3. The minimum Gasteiger partial charge on any atom is -0.359 e. The van der Waals surface area contributed by atoms with E-state index in [1.54, 1.807) is 11.3 Å². The van der Waals surface area contributed by atoms with Crippen molar-refractivity contribution in [1.82, 2.24) is 9.55 Å². The summed E-state index contributed by atoms with van der Waals surface area (Å²) < 4.78 is 3.54. The standard InChI is InChI=1S/C22H19N3S/c1-14(2)23-22-24-21-19(12-7-13-20(21)26-22)25-17-10-5-3-8-15(17)16-9-4-6-11-18(16)25/h3-14H,1-2H3,(H,23,24). The Balaban J connectivity index is 1.86. The molecular formula is C22H19N3S. The van der Waals surface area contributed by atoms with Crippen LogP contribution in [0.2, 0.25) is 0 Å². The molecule has 0 saturated heterocycles. The van der Waals surface area contributed by atoms with Crippen molar-refractivity contribution in [2.24, 2.45) is 0 Å². The number of aromatic nitrogens is 2. The summed E-state index contributed by atoms with van der Waals surface area (Å²) in [6, 6.07) is 24.0. The first-order valence-corrected chi connectivity index (χ1v) is 9.68. The highest BCUT2D eigenvalue weighted by Gasteiger charge is 2.15. The Bertz CT molecular complexity index is 1190. The van der Waals surface area contributed by atoms with Crippen LogP contribution in [0.25, 0.3) is 37.7 Å². The smallest absolute Gasteiger partial charge is 0.184 e. The summed E-state index contributed by atoms with van der Waals surface area (Å²) >= 11 is 1.71. The molecule has 3 aromatic carbocycles. The lowest BCUT2D eigenvalue weighted by Crippen LogP contribution is -2.08. The van der Waals surface area contributed by atoms with Crippen molar-refractivity contribution in [3.05, 3.63) is 66.7 Å². The number of fused-ring (bicyclic) bond motifs is 4. The Morgan fingerprint density at radius 1 is 0.846 bits per heavy atom. The molecule has 0 spiro atoms. The largest absolute Gasteiger partial charge is 0.359 e. The molecule has 0 saturated carbocycles. The maximum Gasteiger partial charge on any atom is 0.184 e. The van der Waals surface area contributed by atoms with Crippen LogP contribution in [0.1, 0.15) is 13.8 Å². The van der Waals surface area contributed by atoms with Gasteiger partial charge in [-0.25, -0.2) is 4.98 Å². The van der Waals surface area contributed by atoms with Crippen molar-refractivity contribution in [1.29, 1.82) is 0 Å². The highest BCUT2D eigenvalue weighted by atomic mass is 32.1. The Morgan fingerprint density at radius 2 is 1.50 bits per heavy atom. The predicted molar refractivity (Wildman–Crippen MR) is 113 cm³/mol. The van der Waals surface area contributed by atoms with E-state index in [0.29, 0.717) is 6.04 Å². The molecule has 0 aliphatic heterocycles. The van der Waals surface area contributed by atoms with E-state index < -0.39 is 0 Å². The minimum atomic E-state index is 0.368. The Morgan fingerprint density at radius 3 is 2.15 bits per heavy atom. The first-order valence-electron chi connectivity index (χ1n) is 8.87. The molecule has 0 bridgehead atoms. The molecule has 0 atom stereocenters. The van der Waals surface area contributed by atoms with Crippen molar-refractivity contribution in [3.8, 4) is 5.69 Å². The first kappa shape index (κ1) is 15.4. The normalized spacial score (nSPS) is 11.8. The molecule has 0 aliphatic rings. The molecule has 0 fully saturated rings. The molecule has 4 heteroatoms. The number of hydrogen-bond donors (Lipinski definition) is 1. The molecule has 2 heterocycles. The van der Waals surface area contributed by atoms with Gasteiger partial charge in [0.15, 0.2) is 5.13 Å². The Kier molecular flexibility index (Phi) is 3.47. The summed E-state index contributed by atoms with van der Waals surface area (Å²) in [5.74, 6) is 0. The van der Waals surface area contributed by atoms with Crippen LogP contribution in [0.5, 0.6) is 0 Å². The van der Waals surface area contributed by atoms with Gasteiger partial charge >= 0.3 is 0 Å². The van der Waals surface area contributed by atoms with E-state index in [1.807, 2.05) is 0 Å². The first-order chi connectivity index (χ1) is 12.7. The zero-order valence-electron chi connectivity index (χ0n) is 14.7. The van der Waals surface area contributed by atoms with E-state index >= 15 is 0 Å². The van der Waals surface area contributed by atoms with Gasteiger partial charge in [0.1, 0.15) is 5.52 Å². The lowest BCUT2D eigenvalue weighted by Gasteiger charge is -2.08. The van der Waals surface area contributed by atoms with Gasteiger partial charge in [-0.15, -0.1) is 0 Å². The van der Waals surface area contributed by atoms with E-state index in [9.17, 15) is 0 Å². The summed E-state index contributed by atoms with van der Waals surface area (Å²) in [5, 5.41) is 6.96. The third-order valence-corrected chi connectivity index (χ3v) is 5.58. The maximum absolute atomic E-state index is 4.91. The van der Waals surface area contributed by atoms with Crippen LogP contribution in [0.15, 0.2) is 66.7 Å². The van der Waals surface area contributed by atoms with E-state index in [2.05, 4.69) is 90.5 Å². The van der Waals surface area contributed by atoms with E-state index in [1.165, 1.54) is 26.5 Å². The van der Waals surface area contributed by atoms with Crippen LogP contribution in [0.3, 0.4) is 0 Å². The molecule has 26 heavy (non-hydrogen) atoms. The van der Waals surface area contributed by atoms with Crippen molar-refractivity contribution in [3.63, 3.8) is 0 Å². The van der Waals surface area contributed by atoms with E-state index in [-0.39, 0.29) is 0 Å². The van der Waals surface area contributed by atoms with Gasteiger partial charge in [-0.2, -0.15) is 0 Å². The van der Waals surface area contributed by atoms with Gasteiger partial charge in [-0.3, -0.25) is 0 Å². The van der Waals surface area contributed by atoms with Gasteiger partial charge in [0, 0.05) is 16.8 Å². The van der Waals surface area contributed by atoms with E-state index in [4.69, 9.17) is 4.98 Å². The quantitative estimate of drug-likeness (QED) is 0.416. The number of rotatable bonds is 3. The number of para-hydroxylation sites is 3. The zero-order chi connectivity index (χ0) is 17.7. The van der Waals surface area contributed by atoms with Crippen molar-refractivity contribution in [2.45, 2.75) is 19.9 Å². The molecule has 0 unspecified atom stereocenters. The van der Waals surface area contributed by atoms with Crippen LogP contribution < -0.4 is 5.32 Å². The molecule has 3 nitrogen and oxygen atoms in total. The fourth-order valence-electron chi connectivity index (χ4n) is 3.61. The molecule has 5 rings (SSSR count). The van der Waals surface area contributed by atoms with Crippen LogP contribution in [0, 0.1) is 0 Å². The van der Waals surface area contributed by atoms with Crippen LogP contribution in [0.4, 0.5) is 5.13 Å². The van der Waals surface area contributed by atoms with Gasteiger partial charge in [0.25, 0.3) is 0 Å². The van der Waals surface area contributed by atoms with Crippen molar-refractivity contribution in [2.75, 3.05) is 5.32 Å². The number of nitrogens with zero attached hydrogens (tertiary/aromatic N) is 2.